The van der Waals surface area contributed by atoms with Crippen LogP contribution in [0.25, 0.3) is 0 Å². The molecule has 90 valence electrons. The van der Waals surface area contributed by atoms with E-state index in [0.29, 0.717) is 0 Å². The first-order valence-corrected chi connectivity index (χ1v) is 5.55. The Morgan fingerprint density at radius 1 is 1.35 bits per heavy atom. The molecule has 0 aliphatic carbocycles. The van der Waals surface area contributed by atoms with Crippen LogP contribution in [0, 0.1) is 0 Å². The molecule has 0 aliphatic rings. The van der Waals surface area contributed by atoms with Crippen molar-refractivity contribution in [3.63, 3.8) is 0 Å². The minimum atomic E-state index is 0.191. The summed E-state index contributed by atoms with van der Waals surface area (Å²) in [5.74, 6) is 0. The molecular weight excluding hydrogens is 214 g/mol. The van der Waals surface area contributed by atoms with Crippen LogP contribution in [0.2, 0.25) is 0 Å². The summed E-state index contributed by atoms with van der Waals surface area (Å²) in [5.41, 5.74) is 3.26. The zero-order valence-electron chi connectivity index (χ0n) is 10.3. The first-order chi connectivity index (χ1) is 8.18. The van der Waals surface area contributed by atoms with Crippen molar-refractivity contribution in [2.24, 2.45) is 0 Å². The first kappa shape index (κ1) is 11.4. The van der Waals surface area contributed by atoms with Crippen molar-refractivity contribution in [2.45, 2.75) is 13.0 Å². The van der Waals surface area contributed by atoms with E-state index >= 15 is 0 Å². The predicted octanol–water partition coefficient (Wildman–Crippen LogP) is 2.04. The third kappa shape index (κ3) is 2.55. The van der Waals surface area contributed by atoms with Crippen LogP contribution in [0.15, 0.2) is 30.9 Å². The number of nitrogens with zero attached hydrogens (tertiary/aromatic N) is 3. The van der Waals surface area contributed by atoms with E-state index in [4.69, 9.17) is 0 Å². The van der Waals surface area contributed by atoms with Crippen LogP contribution in [0.4, 0.5) is 11.4 Å². The summed E-state index contributed by atoms with van der Waals surface area (Å²) in [4.78, 5) is 6.21. The second kappa shape index (κ2) is 4.86. The lowest BCUT2D eigenvalue weighted by atomic mass is 10.2. The van der Waals surface area contributed by atoms with Gasteiger partial charge < -0.3 is 10.2 Å². The molecule has 5 heteroatoms. The number of aromatic nitrogens is 3. The van der Waals surface area contributed by atoms with Crippen molar-refractivity contribution in [3.05, 3.63) is 36.4 Å². The summed E-state index contributed by atoms with van der Waals surface area (Å²) in [7, 11) is 4.03. The molecule has 0 fully saturated rings. The van der Waals surface area contributed by atoms with Crippen molar-refractivity contribution in [1.82, 2.24) is 15.2 Å². The van der Waals surface area contributed by atoms with Gasteiger partial charge in [-0.3, -0.25) is 10.1 Å². The highest BCUT2D eigenvalue weighted by Gasteiger charge is 2.10. The smallest absolute Gasteiger partial charge is 0.0768 e. The van der Waals surface area contributed by atoms with E-state index < -0.39 is 0 Å². The first-order valence-electron chi connectivity index (χ1n) is 5.55. The quantitative estimate of drug-likeness (QED) is 0.845. The second-order valence-corrected chi connectivity index (χ2v) is 4.18. The second-order valence-electron chi connectivity index (χ2n) is 4.18. The molecule has 2 N–H and O–H groups in total. The zero-order chi connectivity index (χ0) is 12.3. The van der Waals surface area contributed by atoms with Crippen molar-refractivity contribution in [2.75, 3.05) is 24.3 Å². The summed E-state index contributed by atoms with van der Waals surface area (Å²) < 4.78 is 0. The molecule has 0 spiro atoms. The maximum atomic E-state index is 4.15. The number of pyridine rings is 1. The third-order valence-electron chi connectivity index (χ3n) is 2.67. The van der Waals surface area contributed by atoms with Crippen LogP contribution in [0.3, 0.4) is 0 Å². The van der Waals surface area contributed by atoms with Gasteiger partial charge in [0.1, 0.15) is 0 Å². The fourth-order valence-corrected chi connectivity index (χ4v) is 1.70. The molecule has 0 radical (unpaired) electrons. The number of H-pyrrole nitrogens is 1. The minimum Gasteiger partial charge on any atom is -0.376 e. The number of hydrogen-bond donors (Lipinski definition) is 2. The Hall–Kier alpha value is -2.04. The van der Waals surface area contributed by atoms with Gasteiger partial charge >= 0.3 is 0 Å². The molecule has 0 bridgehead atoms. The van der Waals surface area contributed by atoms with E-state index in [-0.39, 0.29) is 6.04 Å². The van der Waals surface area contributed by atoms with Crippen molar-refractivity contribution in [3.8, 4) is 0 Å². The number of nitrogens with one attached hydrogen (secondary N) is 2. The van der Waals surface area contributed by atoms with E-state index in [1.54, 1.807) is 6.20 Å². The normalized spacial score (nSPS) is 12.2. The summed E-state index contributed by atoms with van der Waals surface area (Å²) in [6.45, 7) is 2.09. The van der Waals surface area contributed by atoms with Gasteiger partial charge in [0.15, 0.2) is 0 Å². The summed E-state index contributed by atoms with van der Waals surface area (Å²) in [6, 6.07) is 2.18. The fourth-order valence-electron chi connectivity index (χ4n) is 1.70. The molecule has 1 atom stereocenters. The third-order valence-corrected chi connectivity index (χ3v) is 2.67. The van der Waals surface area contributed by atoms with Gasteiger partial charge in [-0.2, -0.15) is 5.10 Å². The summed E-state index contributed by atoms with van der Waals surface area (Å²) >= 11 is 0. The van der Waals surface area contributed by atoms with E-state index in [2.05, 4.69) is 32.3 Å². The van der Waals surface area contributed by atoms with Crippen molar-refractivity contribution in [1.29, 1.82) is 0 Å². The van der Waals surface area contributed by atoms with Crippen LogP contribution in [-0.2, 0) is 0 Å². The molecule has 5 nitrogen and oxygen atoms in total. The lowest BCUT2D eigenvalue weighted by Crippen LogP contribution is -2.14. The molecule has 2 aromatic heterocycles. The zero-order valence-corrected chi connectivity index (χ0v) is 10.3. The van der Waals surface area contributed by atoms with Gasteiger partial charge in [-0.1, -0.05) is 0 Å². The molecule has 0 saturated heterocycles. The Morgan fingerprint density at radius 3 is 2.82 bits per heavy atom. The molecule has 0 saturated carbocycles. The Labute approximate surface area is 101 Å². The van der Waals surface area contributed by atoms with Crippen LogP contribution in [0.5, 0.6) is 0 Å². The summed E-state index contributed by atoms with van der Waals surface area (Å²) in [6.07, 6.45) is 7.35. The number of aromatic amines is 1. The molecule has 0 aromatic carbocycles. The van der Waals surface area contributed by atoms with Gasteiger partial charge in [0.2, 0.25) is 0 Å². The standard InChI is InChI=1S/C12H17N5/c1-9(10-6-14-15-7-10)16-11-8-13-5-4-12(11)17(2)3/h4-9,16H,1-3H3,(H,14,15). The number of hydrogen-bond acceptors (Lipinski definition) is 4. The molecule has 1 unspecified atom stereocenters. The van der Waals surface area contributed by atoms with Gasteiger partial charge in [0, 0.05) is 32.1 Å². The highest BCUT2D eigenvalue weighted by molar-refractivity contribution is 5.68. The van der Waals surface area contributed by atoms with Gasteiger partial charge in [-0.15, -0.1) is 0 Å². The highest BCUT2D eigenvalue weighted by atomic mass is 15.1. The van der Waals surface area contributed by atoms with Crippen LogP contribution < -0.4 is 10.2 Å². The maximum Gasteiger partial charge on any atom is 0.0768 e. The predicted molar refractivity (Wildman–Crippen MR) is 69.2 cm³/mol. The van der Waals surface area contributed by atoms with Crippen LogP contribution in [0.1, 0.15) is 18.5 Å². The number of rotatable bonds is 4. The number of anilines is 2. The van der Waals surface area contributed by atoms with Gasteiger partial charge in [-0.25, -0.2) is 0 Å². The Balaban J connectivity index is 2.18. The fraction of sp³-hybridized carbons (Fsp3) is 0.333. The molecule has 17 heavy (non-hydrogen) atoms. The molecule has 0 amide bonds. The van der Waals surface area contributed by atoms with E-state index in [9.17, 15) is 0 Å². The Kier molecular flexibility index (Phi) is 3.27. The molecule has 2 rings (SSSR count). The average molecular weight is 231 g/mol. The highest BCUT2D eigenvalue weighted by Crippen LogP contribution is 2.26. The molecule has 2 aromatic rings. The topological polar surface area (TPSA) is 56.8 Å². The van der Waals surface area contributed by atoms with Crippen molar-refractivity contribution >= 4 is 11.4 Å². The van der Waals surface area contributed by atoms with Gasteiger partial charge in [0.05, 0.1) is 29.8 Å². The Morgan fingerprint density at radius 2 is 2.18 bits per heavy atom. The summed E-state index contributed by atoms with van der Waals surface area (Å²) in [5, 5.41) is 10.2. The molecular formula is C12H17N5. The van der Waals surface area contributed by atoms with E-state index in [0.717, 1.165) is 16.9 Å². The maximum absolute atomic E-state index is 4.15. The SMILES string of the molecule is CC(Nc1cnccc1N(C)C)c1cn[nH]c1. The van der Waals surface area contributed by atoms with Crippen LogP contribution >= 0.6 is 0 Å². The monoisotopic (exact) mass is 231 g/mol. The van der Waals surface area contributed by atoms with Crippen molar-refractivity contribution < 1.29 is 0 Å². The molecule has 0 aliphatic heterocycles. The molecule has 2 heterocycles. The van der Waals surface area contributed by atoms with E-state index in [1.807, 2.05) is 38.8 Å². The Bertz CT molecular complexity index is 464. The largest absolute Gasteiger partial charge is 0.376 e. The average Bonchev–Trinajstić information content (AvgIpc) is 2.83. The van der Waals surface area contributed by atoms with Gasteiger partial charge in [0.25, 0.3) is 0 Å². The minimum absolute atomic E-state index is 0.191. The van der Waals surface area contributed by atoms with Gasteiger partial charge in [-0.05, 0) is 13.0 Å². The van der Waals surface area contributed by atoms with E-state index in [1.165, 1.54) is 0 Å². The van der Waals surface area contributed by atoms with Crippen LogP contribution in [-0.4, -0.2) is 29.3 Å². The lowest BCUT2D eigenvalue weighted by Gasteiger charge is -2.20. The lowest BCUT2D eigenvalue weighted by molar-refractivity contribution is 0.882.